The molecule has 0 aromatic carbocycles. The third kappa shape index (κ3) is 3.45. The minimum atomic E-state index is -1.08. The Balaban J connectivity index is 2.04. The van der Waals surface area contributed by atoms with E-state index in [1.165, 1.54) is 11.8 Å². The number of carbonyl (C=O) groups excluding carboxylic acids is 2. The Bertz CT molecular complexity index is 409. The van der Waals surface area contributed by atoms with E-state index in [2.05, 4.69) is 0 Å². The minimum Gasteiger partial charge on any atom is -0.465 e. The van der Waals surface area contributed by atoms with Crippen LogP contribution >= 0.6 is 11.8 Å². The SMILES string of the molecule is CC(=O)S[C@H]1C[C@@H](C(=O)N2CCCCC2)N(C(=O)O)C1. The molecule has 20 heavy (non-hydrogen) atoms. The monoisotopic (exact) mass is 300 g/mol. The molecule has 2 amide bonds. The molecule has 0 bridgehead atoms. The number of carbonyl (C=O) groups is 3. The largest absolute Gasteiger partial charge is 0.465 e. The van der Waals surface area contributed by atoms with Crippen LogP contribution in [-0.4, -0.2) is 62.9 Å². The molecule has 2 aliphatic rings. The Kier molecular flexibility index (Phi) is 4.91. The van der Waals surface area contributed by atoms with Gasteiger partial charge in [-0.1, -0.05) is 11.8 Å². The second-order valence-corrected chi connectivity index (χ2v) is 6.78. The van der Waals surface area contributed by atoms with Crippen molar-refractivity contribution in [3.8, 4) is 0 Å². The molecule has 0 radical (unpaired) electrons. The summed E-state index contributed by atoms with van der Waals surface area (Å²) in [7, 11) is 0. The summed E-state index contributed by atoms with van der Waals surface area (Å²) in [4.78, 5) is 37.9. The number of likely N-dealkylation sites (tertiary alicyclic amines) is 2. The van der Waals surface area contributed by atoms with Crippen molar-refractivity contribution in [1.82, 2.24) is 9.80 Å². The Hall–Kier alpha value is -1.24. The zero-order valence-corrected chi connectivity index (χ0v) is 12.4. The fraction of sp³-hybridized carbons (Fsp3) is 0.769. The van der Waals surface area contributed by atoms with Gasteiger partial charge in [0.05, 0.1) is 0 Å². The van der Waals surface area contributed by atoms with Crippen molar-refractivity contribution in [1.29, 1.82) is 0 Å². The smallest absolute Gasteiger partial charge is 0.408 e. The van der Waals surface area contributed by atoms with Crippen LogP contribution < -0.4 is 0 Å². The van der Waals surface area contributed by atoms with Gasteiger partial charge in [0.2, 0.25) is 5.91 Å². The van der Waals surface area contributed by atoms with Gasteiger partial charge in [0.15, 0.2) is 5.12 Å². The van der Waals surface area contributed by atoms with Crippen LogP contribution in [-0.2, 0) is 9.59 Å². The molecule has 6 nitrogen and oxygen atoms in total. The summed E-state index contributed by atoms with van der Waals surface area (Å²) < 4.78 is 0. The zero-order valence-electron chi connectivity index (χ0n) is 11.6. The van der Waals surface area contributed by atoms with Gasteiger partial charge in [-0.15, -0.1) is 0 Å². The molecule has 2 rings (SSSR count). The highest BCUT2D eigenvalue weighted by molar-refractivity contribution is 8.14. The van der Waals surface area contributed by atoms with Gasteiger partial charge in [0.1, 0.15) is 6.04 Å². The standard InChI is InChI=1S/C13H20N2O4S/c1-9(16)20-10-7-11(15(8-10)13(18)19)12(17)14-5-3-2-4-6-14/h10-11H,2-8H2,1H3,(H,18,19)/t10-,11-/m0/s1. The second kappa shape index (κ2) is 6.47. The number of hydrogen-bond donors (Lipinski definition) is 1. The van der Waals surface area contributed by atoms with Crippen molar-refractivity contribution in [2.45, 2.75) is 43.9 Å². The van der Waals surface area contributed by atoms with Gasteiger partial charge in [0, 0.05) is 31.8 Å². The minimum absolute atomic E-state index is 0.0357. The summed E-state index contributed by atoms with van der Waals surface area (Å²) in [6.45, 7) is 3.15. The van der Waals surface area contributed by atoms with Gasteiger partial charge < -0.3 is 10.0 Å². The van der Waals surface area contributed by atoms with Crippen molar-refractivity contribution in [3.05, 3.63) is 0 Å². The van der Waals surface area contributed by atoms with E-state index >= 15 is 0 Å². The first-order valence-electron chi connectivity index (χ1n) is 6.94. The lowest BCUT2D eigenvalue weighted by molar-refractivity contribution is -0.136. The molecule has 7 heteroatoms. The van der Waals surface area contributed by atoms with Crippen molar-refractivity contribution >= 4 is 28.9 Å². The van der Waals surface area contributed by atoms with E-state index < -0.39 is 12.1 Å². The predicted molar refractivity (Wildman–Crippen MR) is 75.6 cm³/mol. The Morgan fingerprint density at radius 1 is 1.15 bits per heavy atom. The Morgan fingerprint density at radius 3 is 2.35 bits per heavy atom. The highest BCUT2D eigenvalue weighted by atomic mass is 32.2. The number of hydrogen-bond acceptors (Lipinski definition) is 4. The van der Waals surface area contributed by atoms with E-state index in [1.807, 2.05) is 0 Å². The van der Waals surface area contributed by atoms with Crippen LogP contribution in [0, 0.1) is 0 Å². The lowest BCUT2D eigenvalue weighted by Gasteiger charge is -2.31. The highest BCUT2D eigenvalue weighted by Gasteiger charge is 2.42. The summed E-state index contributed by atoms with van der Waals surface area (Å²) in [6, 6.07) is -0.623. The molecule has 0 saturated carbocycles. The molecular weight excluding hydrogens is 280 g/mol. The molecule has 2 saturated heterocycles. The Labute approximate surface area is 122 Å². The zero-order chi connectivity index (χ0) is 14.7. The van der Waals surface area contributed by atoms with E-state index in [0.717, 1.165) is 31.0 Å². The maximum Gasteiger partial charge on any atom is 0.408 e. The fourth-order valence-corrected chi connectivity index (χ4v) is 3.87. The lowest BCUT2D eigenvalue weighted by atomic mass is 10.1. The molecule has 112 valence electrons. The summed E-state index contributed by atoms with van der Waals surface area (Å²) in [5.74, 6) is -0.0984. The number of thioether (sulfide) groups is 1. The summed E-state index contributed by atoms with van der Waals surface area (Å²) >= 11 is 1.14. The predicted octanol–water partition coefficient (Wildman–Crippen LogP) is 1.40. The van der Waals surface area contributed by atoms with Crippen LogP contribution in [0.1, 0.15) is 32.6 Å². The molecule has 0 unspecified atom stereocenters. The van der Waals surface area contributed by atoms with E-state index in [-0.39, 0.29) is 22.8 Å². The molecule has 0 aromatic rings. The molecule has 0 aromatic heterocycles. The number of amides is 2. The summed E-state index contributed by atoms with van der Waals surface area (Å²) in [5.41, 5.74) is 0. The molecular formula is C13H20N2O4S. The average Bonchev–Trinajstić information content (AvgIpc) is 2.82. The van der Waals surface area contributed by atoms with Crippen molar-refractivity contribution < 1.29 is 19.5 Å². The number of nitrogens with zero attached hydrogens (tertiary/aromatic N) is 2. The van der Waals surface area contributed by atoms with Crippen LogP contribution in [0.4, 0.5) is 4.79 Å². The number of piperidine rings is 1. The molecule has 2 aliphatic heterocycles. The van der Waals surface area contributed by atoms with E-state index in [9.17, 15) is 19.5 Å². The normalized spacial score (nSPS) is 26.6. The van der Waals surface area contributed by atoms with Crippen LogP contribution in [0.5, 0.6) is 0 Å². The van der Waals surface area contributed by atoms with E-state index in [0.29, 0.717) is 19.5 Å². The van der Waals surface area contributed by atoms with Crippen LogP contribution in [0.3, 0.4) is 0 Å². The van der Waals surface area contributed by atoms with Crippen LogP contribution in [0.2, 0.25) is 0 Å². The van der Waals surface area contributed by atoms with E-state index in [4.69, 9.17) is 0 Å². The van der Waals surface area contributed by atoms with Gasteiger partial charge in [-0.2, -0.15) is 0 Å². The molecule has 2 fully saturated rings. The quantitative estimate of drug-likeness (QED) is 0.834. The number of carboxylic acid groups (broad SMARTS) is 1. The van der Waals surface area contributed by atoms with Crippen molar-refractivity contribution in [3.63, 3.8) is 0 Å². The van der Waals surface area contributed by atoms with Crippen molar-refractivity contribution in [2.75, 3.05) is 19.6 Å². The third-order valence-electron chi connectivity index (χ3n) is 3.79. The molecule has 0 aliphatic carbocycles. The highest BCUT2D eigenvalue weighted by Crippen LogP contribution is 2.29. The maximum absolute atomic E-state index is 12.5. The molecule has 1 N–H and O–H groups in total. The first-order valence-corrected chi connectivity index (χ1v) is 7.82. The summed E-state index contributed by atoms with van der Waals surface area (Å²) in [5, 5.41) is 9.10. The molecule has 2 heterocycles. The van der Waals surface area contributed by atoms with Gasteiger partial charge >= 0.3 is 6.09 Å². The third-order valence-corrected chi connectivity index (χ3v) is 4.80. The molecule has 0 spiro atoms. The topological polar surface area (TPSA) is 77.9 Å². The average molecular weight is 300 g/mol. The fourth-order valence-electron chi connectivity index (χ4n) is 2.89. The second-order valence-electron chi connectivity index (χ2n) is 5.30. The van der Waals surface area contributed by atoms with Crippen LogP contribution in [0.25, 0.3) is 0 Å². The van der Waals surface area contributed by atoms with Gasteiger partial charge in [0.25, 0.3) is 0 Å². The first-order chi connectivity index (χ1) is 9.49. The van der Waals surface area contributed by atoms with Gasteiger partial charge in [-0.25, -0.2) is 4.79 Å². The molecule has 2 atom stereocenters. The number of rotatable bonds is 2. The first kappa shape index (κ1) is 15.2. The van der Waals surface area contributed by atoms with E-state index in [1.54, 1.807) is 4.90 Å². The lowest BCUT2D eigenvalue weighted by Crippen LogP contribution is -2.48. The van der Waals surface area contributed by atoms with Crippen molar-refractivity contribution in [2.24, 2.45) is 0 Å². The van der Waals surface area contributed by atoms with Gasteiger partial charge in [-0.3, -0.25) is 14.5 Å². The summed E-state index contributed by atoms with van der Waals surface area (Å²) in [6.07, 6.45) is 2.45. The maximum atomic E-state index is 12.5. The van der Waals surface area contributed by atoms with Gasteiger partial charge in [-0.05, 0) is 25.7 Å². The Morgan fingerprint density at radius 2 is 1.80 bits per heavy atom. The van der Waals surface area contributed by atoms with Crippen LogP contribution in [0.15, 0.2) is 0 Å².